The van der Waals surface area contributed by atoms with Crippen molar-refractivity contribution in [2.45, 2.75) is 186 Å². The van der Waals surface area contributed by atoms with E-state index in [1.807, 2.05) is 0 Å². The third kappa shape index (κ3) is 7.11. The second-order valence-corrected chi connectivity index (χ2v) is 24.3. The molecule has 2 nitrogen and oxygen atoms in total. The van der Waals surface area contributed by atoms with Crippen molar-refractivity contribution in [1.82, 2.24) is 0 Å². The van der Waals surface area contributed by atoms with Gasteiger partial charge in [-0.15, -0.1) is 0 Å². The molecule has 0 amide bonds. The highest BCUT2D eigenvalue weighted by Crippen LogP contribution is 2.63. The molecule has 2 heterocycles. The van der Waals surface area contributed by atoms with E-state index in [-0.39, 0.29) is 27.3 Å². The topological polar surface area (TPSA) is 18.5 Å². The lowest BCUT2D eigenvalue weighted by atomic mass is 9.47. The zero-order chi connectivity index (χ0) is 50.3. The number of ether oxygens (including phenoxy) is 2. The van der Waals surface area contributed by atoms with Crippen molar-refractivity contribution in [3.05, 3.63) is 201 Å². The Morgan fingerprint density at radius 2 is 0.972 bits per heavy atom. The van der Waals surface area contributed by atoms with Crippen LogP contribution in [0, 0.1) is 5.41 Å². The van der Waals surface area contributed by atoms with E-state index in [0.717, 1.165) is 63.5 Å². The van der Waals surface area contributed by atoms with Gasteiger partial charge in [-0.05, 0) is 132 Å². The summed E-state index contributed by atoms with van der Waals surface area (Å²) in [6.45, 7) is 24.3. The van der Waals surface area contributed by atoms with Crippen LogP contribution < -0.4 is 4.74 Å². The summed E-state index contributed by atoms with van der Waals surface area (Å²) in [6, 6.07) is 50.5. The fourth-order valence-electron chi connectivity index (χ4n) is 15.0. The smallest absolute Gasteiger partial charge is 0.179 e. The maximum absolute atomic E-state index is 7.77. The molecule has 0 saturated heterocycles. The van der Waals surface area contributed by atoms with Crippen molar-refractivity contribution < 1.29 is 9.47 Å². The van der Waals surface area contributed by atoms with Gasteiger partial charge in [0.15, 0.2) is 5.60 Å². The highest BCUT2D eigenvalue weighted by atomic mass is 16.5. The lowest BCUT2D eigenvalue weighted by Crippen LogP contribution is -2.55. The first-order chi connectivity index (χ1) is 34.6. The van der Waals surface area contributed by atoms with E-state index < -0.39 is 11.2 Å². The van der Waals surface area contributed by atoms with Crippen LogP contribution in [0.5, 0.6) is 5.75 Å². The fourth-order valence-corrected chi connectivity index (χ4v) is 15.0. The Morgan fingerprint density at radius 3 is 1.56 bits per heavy atom. The molecule has 0 saturated carbocycles. The van der Waals surface area contributed by atoms with Crippen LogP contribution in [0.3, 0.4) is 0 Å². The molecular weight excluding hydrogens is 873 g/mol. The Labute approximate surface area is 433 Å². The fraction of sp³-hybridized carbons (Fsp3) is 0.429. The maximum Gasteiger partial charge on any atom is 0.179 e. The highest BCUT2D eigenvalue weighted by molar-refractivity contribution is 5.86. The molecule has 372 valence electrons. The number of fused-ring (bicyclic) bond motifs is 12. The first kappa shape index (κ1) is 48.8. The molecule has 0 radical (unpaired) electrons. The number of hydrogen-bond acceptors (Lipinski definition) is 2. The largest absolute Gasteiger partial charge is 0.473 e. The van der Waals surface area contributed by atoms with E-state index in [9.17, 15) is 0 Å². The van der Waals surface area contributed by atoms with Crippen LogP contribution in [0.4, 0.5) is 0 Å². The Hall–Kier alpha value is -5.44. The summed E-state index contributed by atoms with van der Waals surface area (Å²) in [6.07, 6.45) is 20.0. The summed E-state index contributed by atoms with van der Waals surface area (Å²) in [5.74, 6) is 0.987. The van der Waals surface area contributed by atoms with Gasteiger partial charge in [0.2, 0.25) is 0 Å². The second-order valence-electron chi connectivity index (χ2n) is 24.3. The van der Waals surface area contributed by atoms with Gasteiger partial charge in [-0.3, -0.25) is 0 Å². The molecule has 3 unspecified atom stereocenters. The van der Waals surface area contributed by atoms with Gasteiger partial charge in [-0.1, -0.05) is 228 Å². The van der Waals surface area contributed by atoms with Gasteiger partial charge < -0.3 is 9.47 Å². The summed E-state index contributed by atoms with van der Waals surface area (Å²) >= 11 is 0. The molecule has 11 rings (SSSR count). The predicted molar refractivity (Wildman–Crippen MR) is 302 cm³/mol. The zero-order valence-electron chi connectivity index (χ0n) is 45.4. The average molecular weight is 953 g/mol. The molecule has 6 aromatic rings. The minimum atomic E-state index is -0.676. The first-order valence-corrected chi connectivity index (χ1v) is 28.1. The summed E-state index contributed by atoms with van der Waals surface area (Å²) in [4.78, 5) is 0. The summed E-state index contributed by atoms with van der Waals surface area (Å²) in [5.41, 5.74) is 18.8. The van der Waals surface area contributed by atoms with Gasteiger partial charge >= 0.3 is 0 Å². The third-order valence-corrected chi connectivity index (χ3v) is 19.8. The van der Waals surface area contributed by atoms with Crippen LogP contribution in [0.25, 0.3) is 27.8 Å². The lowest BCUT2D eigenvalue weighted by Gasteiger charge is -2.57. The van der Waals surface area contributed by atoms with Gasteiger partial charge in [0, 0.05) is 44.1 Å². The van der Waals surface area contributed by atoms with Crippen molar-refractivity contribution in [1.29, 1.82) is 0 Å². The molecule has 0 aromatic heterocycles. The molecule has 6 aromatic carbocycles. The van der Waals surface area contributed by atoms with Gasteiger partial charge in [-0.2, -0.15) is 0 Å². The van der Waals surface area contributed by atoms with E-state index in [0.29, 0.717) is 0 Å². The molecule has 2 heteroatoms. The van der Waals surface area contributed by atoms with Crippen molar-refractivity contribution in [2.75, 3.05) is 0 Å². The molecule has 0 bridgehead atoms. The van der Waals surface area contributed by atoms with Crippen LogP contribution in [0.1, 0.15) is 203 Å². The van der Waals surface area contributed by atoms with Crippen molar-refractivity contribution in [3.8, 4) is 28.0 Å². The molecule has 0 fully saturated rings. The monoisotopic (exact) mass is 953 g/mol. The van der Waals surface area contributed by atoms with E-state index in [1.165, 1.54) is 98.0 Å². The average Bonchev–Trinajstić information content (AvgIpc) is 3.80. The summed E-state index contributed by atoms with van der Waals surface area (Å²) in [5, 5.41) is 0. The van der Waals surface area contributed by atoms with Crippen molar-refractivity contribution in [2.24, 2.45) is 5.41 Å². The number of benzene rings is 6. The minimum Gasteiger partial charge on any atom is -0.473 e. The SMILES string of the molecule is CCCCCC1(C)c2cc(C(C)(C)c3ccc4c(c3)C(CCCCCC3=CC5(OC(C)(CCC)C3(C)CCC)c3ccccc3-c3ccccc35)=CC3(O4)c4ccccc4-c4ccccc43)ccc2C1(C)C. The zero-order valence-corrected chi connectivity index (χ0v) is 45.4. The van der Waals surface area contributed by atoms with Crippen LogP contribution in [0.2, 0.25) is 0 Å². The van der Waals surface area contributed by atoms with Crippen molar-refractivity contribution >= 4 is 5.57 Å². The summed E-state index contributed by atoms with van der Waals surface area (Å²) in [7, 11) is 0. The van der Waals surface area contributed by atoms with Gasteiger partial charge in [-0.25, -0.2) is 0 Å². The highest BCUT2D eigenvalue weighted by Gasteiger charge is 2.58. The predicted octanol–water partition coefficient (Wildman–Crippen LogP) is 19.0. The first-order valence-electron chi connectivity index (χ1n) is 28.1. The quantitative estimate of drug-likeness (QED) is 0.0711. The second kappa shape index (κ2) is 17.9. The molecule has 3 aliphatic carbocycles. The summed E-state index contributed by atoms with van der Waals surface area (Å²) < 4.78 is 15.2. The Kier molecular flexibility index (Phi) is 12.1. The molecule has 72 heavy (non-hydrogen) atoms. The van der Waals surface area contributed by atoms with E-state index >= 15 is 0 Å². The maximum atomic E-state index is 7.77. The van der Waals surface area contributed by atoms with Gasteiger partial charge in [0.1, 0.15) is 11.4 Å². The van der Waals surface area contributed by atoms with Crippen LogP contribution in [0.15, 0.2) is 151 Å². The van der Waals surface area contributed by atoms with Gasteiger partial charge in [0.25, 0.3) is 0 Å². The Bertz CT molecular complexity index is 3030. The van der Waals surface area contributed by atoms with Crippen LogP contribution in [-0.4, -0.2) is 5.60 Å². The Morgan fingerprint density at radius 1 is 0.431 bits per heavy atom. The number of hydrogen-bond donors (Lipinski definition) is 0. The van der Waals surface area contributed by atoms with E-state index in [2.05, 4.69) is 215 Å². The number of unbranched alkanes of at least 4 members (excludes halogenated alkanes) is 4. The molecule has 5 aliphatic rings. The van der Waals surface area contributed by atoms with Gasteiger partial charge in [0.05, 0.1) is 5.60 Å². The number of rotatable bonds is 16. The normalized spacial score (nSPS) is 23.2. The van der Waals surface area contributed by atoms with Crippen molar-refractivity contribution in [3.63, 3.8) is 0 Å². The standard InChI is InChI=1S/C70H80O2/c1-11-14-26-43-67(9)62-45-50(37-39-61(62)65(67,6)7)64(4,5)49-38-40-63-56(44-49)48(46-69(71-63)57-33-22-18-29-52(57)53-30-19-23-34-58(53)69)27-16-15-17-28-51-47-70(72-68(10,42-13-3)66(51,8)41-12-2)59-35-24-20-31-54(59)55-32-21-25-36-60(55)70/h18-25,29-40,44-47H,11-17,26-28,41-43H2,1-10H3. The molecule has 2 spiro atoms. The molecular formula is C70H80O2. The molecule has 0 N–H and O–H groups in total. The minimum absolute atomic E-state index is 0.0694. The molecule has 2 aliphatic heterocycles. The van der Waals surface area contributed by atoms with E-state index in [1.54, 1.807) is 11.1 Å². The lowest BCUT2D eigenvalue weighted by molar-refractivity contribution is -0.181. The Balaban J connectivity index is 0.931. The third-order valence-electron chi connectivity index (χ3n) is 19.8. The van der Waals surface area contributed by atoms with Crippen LogP contribution in [-0.2, 0) is 32.2 Å². The number of allylic oxidation sites excluding steroid dienone is 1. The van der Waals surface area contributed by atoms with E-state index in [4.69, 9.17) is 9.47 Å². The van der Waals surface area contributed by atoms with Crippen LogP contribution >= 0.6 is 0 Å². The molecule has 3 atom stereocenters.